The molecule has 0 radical (unpaired) electrons. The Morgan fingerprint density at radius 3 is 2.75 bits per heavy atom. The van der Waals surface area contributed by atoms with Crippen LogP contribution in [0.15, 0.2) is 36.4 Å². The fraction of sp³-hybridized carbons (Fsp3) is 0. The lowest BCUT2D eigenvalue weighted by atomic mass is 10.2. The third kappa shape index (κ3) is 2.17. The van der Waals surface area contributed by atoms with E-state index in [0.717, 1.165) is 16.7 Å². The topological polar surface area (TPSA) is 64.8 Å². The highest BCUT2D eigenvalue weighted by Crippen LogP contribution is 2.28. The van der Waals surface area contributed by atoms with E-state index in [-0.39, 0.29) is 5.69 Å². The van der Waals surface area contributed by atoms with E-state index >= 15 is 0 Å². The van der Waals surface area contributed by atoms with Gasteiger partial charge in [-0.15, -0.1) is 11.3 Å². The van der Waals surface area contributed by atoms with Gasteiger partial charge in [0.2, 0.25) is 0 Å². The maximum Gasteiger partial charge on any atom is 0.164 e. The number of rotatable bonds is 3. The van der Waals surface area contributed by atoms with Crippen molar-refractivity contribution in [1.82, 2.24) is 0 Å². The number of carbonyl (C=O) groups is 1. The molecular formula is C11H9NO3S. The molecule has 0 aliphatic rings. The van der Waals surface area contributed by atoms with Crippen LogP contribution >= 0.6 is 11.3 Å². The molecule has 5 heteroatoms. The maximum atomic E-state index is 10.8. The lowest BCUT2D eigenvalue weighted by molar-refractivity contribution is -0.991. The SMILES string of the molecule is O=Cc1ccc(-c2cccc([NH+]([O-])O)c2)s1. The second-order valence-corrected chi connectivity index (χ2v) is 4.32. The molecular weight excluding hydrogens is 226 g/mol. The Kier molecular flexibility index (Phi) is 3.12. The van der Waals surface area contributed by atoms with Gasteiger partial charge in [-0.1, -0.05) is 12.1 Å². The zero-order valence-electron chi connectivity index (χ0n) is 8.21. The standard InChI is InChI=1S/C11H9NO3S/c13-7-10-4-5-11(16-10)8-2-1-3-9(6-8)12(14)15/h1-7,12,14H. The van der Waals surface area contributed by atoms with Crippen LogP contribution in [0.4, 0.5) is 5.69 Å². The van der Waals surface area contributed by atoms with Crippen LogP contribution in [0.2, 0.25) is 0 Å². The average Bonchev–Trinajstić information content (AvgIpc) is 2.77. The molecule has 0 saturated carbocycles. The van der Waals surface area contributed by atoms with Crippen LogP contribution in [-0.2, 0) is 0 Å². The van der Waals surface area contributed by atoms with Crippen LogP contribution in [-0.4, -0.2) is 11.5 Å². The first-order valence-electron chi connectivity index (χ1n) is 4.59. The Hall–Kier alpha value is -1.53. The summed E-state index contributed by atoms with van der Waals surface area (Å²) in [5, 5.41) is 18.7. The first-order chi connectivity index (χ1) is 7.70. The first-order valence-corrected chi connectivity index (χ1v) is 5.41. The second-order valence-electron chi connectivity index (χ2n) is 3.21. The summed E-state index contributed by atoms with van der Waals surface area (Å²) >= 11 is 1.35. The fourth-order valence-corrected chi connectivity index (χ4v) is 2.20. The van der Waals surface area contributed by atoms with Gasteiger partial charge in [0.15, 0.2) is 12.0 Å². The van der Waals surface area contributed by atoms with Crippen molar-refractivity contribution in [3.63, 3.8) is 0 Å². The van der Waals surface area contributed by atoms with Gasteiger partial charge in [0.1, 0.15) is 0 Å². The van der Waals surface area contributed by atoms with E-state index < -0.39 is 5.23 Å². The highest BCUT2D eigenvalue weighted by Gasteiger charge is 2.05. The second kappa shape index (κ2) is 4.54. The normalized spacial score (nSPS) is 12.4. The largest absolute Gasteiger partial charge is 0.595 e. The minimum absolute atomic E-state index is 0.249. The summed E-state index contributed by atoms with van der Waals surface area (Å²) < 4.78 is 0. The van der Waals surface area contributed by atoms with Crippen molar-refractivity contribution in [2.45, 2.75) is 0 Å². The maximum absolute atomic E-state index is 10.8. The number of hydrogen-bond donors (Lipinski definition) is 2. The molecule has 16 heavy (non-hydrogen) atoms. The van der Waals surface area contributed by atoms with Crippen LogP contribution in [0.1, 0.15) is 9.67 Å². The van der Waals surface area contributed by atoms with Crippen LogP contribution in [0.3, 0.4) is 0 Å². The molecule has 2 rings (SSSR count). The van der Waals surface area contributed by atoms with E-state index in [1.165, 1.54) is 11.3 Å². The molecule has 1 atom stereocenters. The summed E-state index contributed by atoms with van der Waals surface area (Å²) in [5.74, 6) is 0. The average molecular weight is 235 g/mol. The Morgan fingerprint density at radius 1 is 1.31 bits per heavy atom. The van der Waals surface area contributed by atoms with Gasteiger partial charge in [0.25, 0.3) is 0 Å². The van der Waals surface area contributed by atoms with E-state index in [2.05, 4.69) is 0 Å². The van der Waals surface area contributed by atoms with Gasteiger partial charge in [0.05, 0.1) is 4.88 Å². The molecule has 4 nitrogen and oxygen atoms in total. The number of carbonyl (C=O) groups excluding carboxylic acids is 1. The zero-order chi connectivity index (χ0) is 11.5. The summed E-state index contributed by atoms with van der Waals surface area (Å²) in [4.78, 5) is 12.1. The molecule has 0 fully saturated rings. The smallest absolute Gasteiger partial charge is 0.164 e. The van der Waals surface area contributed by atoms with Crippen LogP contribution < -0.4 is 5.23 Å². The fourth-order valence-electron chi connectivity index (χ4n) is 1.38. The summed E-state index contributed by atoms with van der Waals surface area (Å²) in [6.45, 7) is 0. The van der Waals surface area contributed by atoms with Gasteiger partial charge in [0, 0.05) is 17.0 Å². The van der Waals surface area contributed by atoms with Crippen LogP contribution in [0.5, 0.6) is 0 Å². The number of hydrogen-bond acceptors (Lipinski definition) is 4. The van der Waals surface area contributed by atoms with Gasteiger partial charge in [-0.2, -0.15) is 5.23 Å². The summed E-state index contributed by atoms with van der Waals surface area (Å²) in [6, 6.07) is 10.2. The van der Waals surface area contributed by atoms with Crippen molar-refractivity contribution in [3.05, 3.63) is 46.5 Å². The van der Waals surface area contributed by atoms with Crippen molar-refractivity contribution in [2.24, 2.45) is 0 Å². The number of benzene rings is 1. The third-order valence-electron chi connectivity index (χ3n) is 2.14. The molecule has 0 amide bonds. The van der Waals surface area contributed by atoms with E-state index in [4.69, 9.17) is 5.21 Å². The number of thiophene rings is 1. The van der Waals surface area contributed by atoms with Gasteiger partial charge in [-0.05, 0) is 17.7 Å². The highest BCUT2D eigenvalue weighted by molar-refractivity contribution is 7.17. The van der Waals surface area contributed by atoms with Gasteiger partial charge >= 0.3 is 0 Å². The number of quaternary nitrogens is 1. The van der Waals surface area contributed by atoms with E-state index in [0.29, 0.717) is 4.88 Å². The zero-order valence-corrected chi connectivity index (χ0v) is 9.03. The molecule has 1 heterocycles. The molecule has 1 aromatic carbocycles. The summed E-state index contributed by atoms with van der Waals surface area (Å²) in [6.07, 6.45) is 0.787. The molecule has 82 valence electrons. The molecule has 0 spiro atoms. The van der Waals surface area contributed by atoms with E-state index in [9.17, 15) is 10.0 Å². The first kappa shape index (κ1) is 11.0. The van der Waals surface area contributed by atoms with Gasteiger partial charge in [-0.3, -0.25) is 4.79 Å². The van der Waals surface area contributed by atoms with Crippen molar-refractivity contribution < 1.29 is 15.2 Å². The van der Waals surface area contributed by atoms with Crippen molar-refractivity contribution >= 4 is 23.3 Å². The molecule has 0 aliphatic carbocycles. The minimum Gasteiger partial charge on any atom is -0.595 e. The van der Waals surface area contributed by atoms with Crippen LogP contribution in [0, 0.1) is 5.21 Å². The molecule has 0 bridgehead atoms. The number of aldehydes is 1. The quantitative estimate of drug-likeness (QED) is 0.627. The van der Waals surface area contributed by atoms with E-state index in [1.54, 1.807) is 24.3 Å². The van der Waals surface area contributed by atoms with Gasteiger partial charge in [-0.25, -0.2) is 5.21 Å². The van der Waals surface area contributed by atoms with E-state index in [1.807, 2.05) is 12.1 Å². The van der Waals surface area contributed by atoms with Crippen molar-refractivity contribution in [2.75, 3.05) is 0 Å². The summed E-state index contributed by atoms with van der Waals surface area (Å²) in [7, 11) is 0. The van der Waals surface area contributed by atoms with Gasteiger partial charge < -0.3 is 5.21 Å². The molecule has 0 saturated heterocycles. The Bertz CT molecular complexity index is 507. The molecule has 0 aliphatic heterocycles. The molecule has 1 unspecified atom stereocenters. The predicted molar refractivity (Wildman–Crippen MR) is 60.9 cm³/mol. The minimum atomic E-state index is -0.950. The third-order valence-corrected chi connectivity index (χ3v) is 3.20. The van der Waals surface area contributed by atoms with Crippen LogP contribution in [0.25, 0.3) is 10.4 Å². The lowest BCUT2D eigenvalue weighted by Crippen LogP contribution is -2.99. The number of nitrogens with one attached hydrogen (secondary N) is 1. The monoisotopic (exact) mass is 235 g/mol. The molecule has 2 aromatic rings. The molecule has 2 N–H and O–H groups in total. The Balaban J connectivity index is 2.39. The summed E-state index contributed by atoms with van der Waals surface area (Å²) in [5.41, 5.74) is 1.07. The predicted octanol–water partition coefficient (Wildman–Crippen LogP) is 1.63. The van der Waals surface area contributed by atoms with Crippen molar-refractivity contribution in [3.8, 4) is 10.4 Å². The van der Waals surface area contributed by atoms with Crippen molar-refractivity contribution in [1.29, 1.82) is 0 Å². The highest BCUT2D eigenvalue weighted by atomic mass is 32.1. The Morgan fingerprint density at radius 2 is 2.12 bits per heavy atom. The molecule has 1 aromatic heterocycles. The lowest BCUT2D eigenvalue weighted by Gasteiger charge is -2.11. The Labute approximate surface area is 95.9 Å².